The van der Waals surface area contributed by atoms with Crippen LogP contribution >= 0.6 is 23.2 Å². The summed E-state index contributed by atoms with van der Waals surface area (Å²) in [5, 5.41) is 3.36. The zero-order chi connectivity index (χ0) is 13.0. The smallest absolute Gasteiger partial charge is 0.412 e. The molecule has 2 rings (SSSR count). The summed E-state index contributed by atoms with van der Waals surface area (Å²) in [5.41, 5.74) is 1.10. The number of hydrogen-bond acceptors (Lipinski definition) is 3. The molecule has 94 valence electrons. The fourth-order valence-electron chi connectivity index (χ4n) is 1.25. The van der Waals surface area contributed by atoms with Gasteiger partial charge in [0.05, 0.1) is 28.9 Å². The standard InChI is InChI=1S/C11H9Cl2N3O2/c12-7-1-2-9(13)10(3-7)16-11(17)18-5-8-4-14-6-15-8/h1-4,6H,5H2,(H,14,15)(H,16,17). The molecular weight excluding hydrogens is 277 g/mol. The Morgan fingerprint density at radius 1 is 1.44 bits per heavy atom. The topological polar surface area (TPSA) is 67.0 Å². The maximum absolute atomic E-state index is 11.5. The largest absolute Gasteiger partial charge is 0.443 e. The van der Waals surface area contributed by atoms with E-state index in [4.69, 9.17) is 27.9 Å². The molecule has 0 fully saturated rings. The van der Waals surface area contributed by atoms with Crippen LogP contribution < -0.4 is 5.32 Å². The number of benzene rings is 1. The molecule has 0 aliphatic heterocycles. The predicted octanol–water partition coefficient (Wildman–Crippen LogP) is 3.47. The third kappa shape index (κ3) is 3.38. The first-order valence-corrected chi connectivity index (χ1v) is 5.77. The molecular formula is C11H9Cl2N3O2. The Morgan fingerprint density at radius 3 is 3.00 bits per heavy atom. The Morgan fingerprint density at radius 2 is 2.28 bits per heavy atom. The summed E-state index contributed by atoms with van der Waals surface area (Å²) in [6.45, 7) is 0.101. The molecule has 0 aliphatic carbocycles. The summed E-state index contributed by atoms with van der Waals surface area (Å²) >= 11 is 11.7. The Labute approximate surface area is 113 Å². The van der Waals surface area contributed by atoms with E-state index in [2.05, 4.69) is 15.3 Å². The van der Waals surface area contributed by atoms with Crippen molar-refractivity contribution in [1.82, 2.24) is 9.97 Å². The summed E-state index contributed by atoms with van der Waals surface area (Å²) in [7, 11) is 0. The van der Waals surface area contributed by atoms with Crippen molar-refractivity contribution in [2.45, 2.75) is 6.61 Å². The van der Waals surface area contributed by atoms with Crippen LogP contribution in [0.4, 0.5) is 10.5 Å². The van der Waals surface area contributed by atoms with Gasteiger partial charge < -0.3 is 9.72 Å². The minimum absolute atomic E-state index is 0.101. The molecule has 0 aliphatic rings. The van der Waals surface area contributed by atoms with Gasteiger partial charge in [0, 0.05) is 5.02 Å². The number of carbonyl (C=O) groups is 1. The number of anilines is 1. The van der Waals surface area contributed by atoms with Crippen LogP contribution in [0.3, 0.4) is 0 Å². The number of rotatable bonds is 3. The van der Waals surface area contributed by atoms with E-state index in [0.29, 0.717) is 21.4 Å². The van der Waals surface area contributed by atoms with Crippen LogP contribution in [-0.4, -0.2) is 16.1 Å². The zero-order valence-corrected chi connectivity index (χ0v) is 10.6. The van der Waals surface area contributed by atoms with Crippen LogP contribution in [0, 0.1) is 0 Å². The van der Waals surface area contributed by atoms with Crippen molar-refractivity contribution in [1.29, 1.82) is 0 Å². The first kappa shape index (κ1) is 12.7. The first-order chi connectivity index (χ1) is 8.65. The van der Waals surface area contributed by atoms with E-state index in [9.17, 15) is 4.79 Å². The first-order valence-electron chi connectivity index (χ1n) is 5.01. The number of nitrogens with one attached hydrogen (secondary N) is 2. The third-order valence-electron chi connectivity index (χ3n) is 2.08. The summed E-state index contributed by atoms with van der Waals surface area (Å²) in [6, 6.07) is 4.76. The van der Waals surface area contributed by atoms with Gasteiger partial charge in [-0.2, -0.15) is 0 Å². The Bertz CT molecular complexity index is 543. The minimum atomic E-state index is -0.617. The fourth-order valence-corrected chi connectivity index (χ4v) is 1.58. The molecule has 7 heteroatoms. The predicted molar refractivity (Wildman–Crippen MR) is 68.9 cm³/mol. The number of amides is 1. The van der Waals surface area contributed by atoms with Crippen molar-refractivity contribution >= 4 is 35.0 Å². The highest BCUT2D eigenvalue weighted by atomic mass is 35.5. The van der Waals surface area contributed by atoms with Gasteiger partial charge in [0.15, 0.2) is 0 Å². The molecule has 18 heavy (non-hydrogen) atoms. The second-order valence-electron chi connectivity index (χ2n) is 3.40. The molecule has 0 unspecified atom stereocenters. The minimum Gasteiger partial charge on any atom is -0.443 e. The van der Waals surface area contributed by atoms with Crippen molar-refractivity contribution in [3.8, 4) is 0 Å². The third-order valence-corrected chi connectivity index (χ3v) is 2.64. The molecule has 0 spiro atoms. The lowest BCUT2D eigenvalue weighted by atomic mass is 10.3. The molecule has 5 nitrogen and oxygen atoms in total. The number of aromatic nitrogens is 2. The second kappa shape index (κ2) is 5.75. The van der Waals surface area contributed by atoms with Gasteiger partial charge in [-0.3, -0.25) is 5.32 Å². The maximum Gasteiger partial charge on any atom is 0.412 e. The van der Waals surface area contributed by atoms with Crippen molar-refractivity contribution in [2.24, 2.45) is 0 Å². The molecule has 0 atom stereocenters. The summed E-state index contributed by atoms with van der Waals surface area (Å²) in [5.74, 6) is 0. The lowest BCUT2D eigenvalue weighted by molar-refractivity contribution is 0.154. The zero-order valence-electron chi connectivity index (χ0n) is 9.11. The average Bonchev–Trinajstić information content (AvgIpc) is 2.84. The number of imidazole rings is 1. The summed E-state index contributed by atoms with van der Waals surface area (Å²) in [4.78, 5) is 18.1. The number of carbonyl (C=O) groups excluding carboxylic acids is 1. The van der Waals surface area contributed by atoms with Crippen molar-refractivity contribution < 1.29 is 9.53 Å². The lowest BCUT2D eigenvalue weighted by Gasteiger charge is -2.07. The van der Waals surface area contributed by atoms with Crippen molar-refractivity contribution in [3.05, 3.63) is 46.5 Å². The van der Waals surface area contributed by atoms with Gasteiger partial charge in [-0.25, -0.2) is 9.78 Å². The van der Waals surface area contributed by atoms with Gasteiger partial charge in [0.2, 0.25) is 0 Å². The summed E-state index contributed by atoms with van der Waals surface area (Å²) < 4.78 is 4.96. The Kier molecular flexibility index (Phi) is 4.07. The van der Waals surface area contributed by atoms with Gasteiger partial charge in [0.25, 0.3) is 0 Å². The number of halogens is 2. The van der Waals surface area contributed by atoms with Crippen LogP contribution in [0.15, 0.2) is 30.7 Å². The molecule has 1 aromatic heterocycles. The molecule has 2 N–H and O–H groups in total. The van der Waals surface area contributed by atoms with Crippen molar-refractivity contribution in [2.75, 3.05) is 5.32 Å². The van der Waals surface area contributed by atoms with Gasteiger partial charge in [-0.1, -0.05) is 23.2 Å². The monoisotopic (exact) mass is 285 g/mol. The van der Waals surface area contributed by atoms with E-state index < -0.39 is 6.09 Å². The number of nitrogens with zero attached hydrogens (tertiary/aromatic N) is 1. The molecule has 2 aromatic rings. The average molecular weight is 286 g/mol. The molecule has 0 saturated heterocycles. The number of H-pyrrole nitrogens is 1. The fraction of sp³-hybridized carbons (Fsp3) is 0.0909. The second-order valence-corrected chi connectivity index (χ2v) is 4.25. The molecule has 0 bridgehead atoms. The van der Waals surface area contributed by atoms with Crippen LogP contribution in [0.5, 0.6) is 0 Å². The van der Waals surface area contributed by atoms with Crippen molar-refractivity contribution in [3.63, 3.8) is 0 Å². The highest BCUT2D eigenvalue weighted by Gasteiger charge is 2.08. The molecule has 1 heterocycles. The highest BCUT2D eigenvalue weighted by molar-refractivity contribution is 6.35. The van der Waals surface area contributed by atoms with E-state index in [1.807, 2.05) is 0 Å². The van der Waals surface area contributed by atoms with E-state index in [-0.39, 0.29) is 6.61 Å². The number of hydrogen-bond donors (Lipinski definition) is 2. The number of aromatic amines is 1. The maximum atomic E-state index is 11.5. The lowest BCUT2D eigenvalue weighted by Crippen LogP contribution is -2.13. The molecule has 0 saturated carbocycles. The normalized spacial score (nSPS) is 10.1. The van der Waals surface area contributed by atoms with E-state index in [1.165, 1.54) is 6.33 Å². The van der Waals surface area contributed by atoms with Gasteiger partial charge in [0.1, 0.15) is 6.61 Å². The van der Waals surface area contributed by atoms with Crippen LogP contribution in [0.1, 0.15) is 5.69 Å². The van der Waals surface area contributed by atoms with E-state index >= 15 is 0 Å². The van der Waals surface area contributed by atoms with Crippen LogP contribution in [-0.2, 0) is 11.3 Å². The van der Waals surface area contributed by atoms with Crippen LogP contribution in [0.2, 0.25) is 10.0 Å². The highest BCUT2D eigenvalue weighted by Crippen LogP contribution is 2.25. The molecule has 1 aromatic carbocycles. The molecule has 1 amide bonds. The van der Waals surface area contributed by atoms with Crippen LogP contribution in [0.25, 0.3) is 0 Å². The molecule has 0 radical (unpaired) electrons. The Balaban J connectivity index is 1.92. The number of ether oxygens (including phenoxy) is 1. The van der Waals surface area contributed by atoms with E-state index in [1.54, 1.807) is 24.4 Å². The summed E-state index contributed by atoms with van der Waals surface area (Å²) in [6.07, 6.45) is 2.46. The van der Waals surface area contributed by atoms with Gasteiger partial charge in [-0.05, 0) is 18.2 Å². The quantitative estimate of drug-likeness (QED) is 0.907. The Hall–Kier alpha value is -1.72. The van der Waals surface area contributed by atoms with Gasteiger partial charge >= 0.3 is 6.09 Å². The SMILES string of the molecule is O=C(Nc1cc(Cl)ccc1Cl)OCc1cnc[nH]1. The van der Waals surface area contributed by atoms with Gasteiger partial charge in [-0.15, -0.1) is 0 Å². The van der Waals surface area contributed by atoms with E-state index in [0.717, 1.165) is 0 Å².